The number of aromatic carboxylic acids is 3. The van der Waals surface area contributed by atoms with Crippen molar-refractivity contribution in [2.75, 3.05) is 6.61 Å². The first-order chi connectivity index (χ1) is 12.3. The third-order valence-electron chi connectivity index (χ3n) is 3.45. The smallest absolute Gasteiger partial charge is 0.356 e. The number of hydrogen-bond donors (Lipinski definition) is 3. The van der Waals surface area contributed by atoms with Crippen LogP contribution in [0.25, 0.3) is 5.69 Å². The summed E-state index contributed by atoms with van der Waals surface area (Å²) in [7, 11) is 0. The van der Waals surface area contributed by atoms with E-state index < -0.39 is 46.4 Å². The molecule has 1 aromatic heterocycles. The zero-order valence-corrected chi connectivity index (χ0v) is 13.6. The van der Waals surface area contributed by atoms with E-state index in [-0.39, 0.29) is 12.3 Å². The summed E-state index contributed by atoms with van der Waals surface area (Å²) in [5.41, 5.74) is -3.31. The molecule has 1 aromatic carbocycles. The molecule has 0 amide bonds. The summed E-state index contributed by atoms with van der Waals surface area (Å²) in [4.78, 5) is 47.4. The number of ether oxygens (including phenoxy) is 1. The molecule has 0 radical (unpaired) electrons. The molecule has 9 heteroatoms. The number of carbonyl (C=O) groups is 4. The number of carboxylic acids is 3. The van der Waals surface area contributed by atoms with Crippen LogP contribution in [0.2, 0.25) is 0 Å². The number of rotatable bonds is 7. The van der Waals surface area contributed by atoms with Gasteiger partial charge >= 0.3 is 23.9 Å². The van der Waals surface area contributed by atoms with Crippen molar-refractivity contribution in [3.8, 4) is 5.69 Å². The van der Waals surface area contributed by atoms with Crippen LogP contribution in [0.4, 0.5) is 0 Å². The zero-order chi connectivity index (χ0) is 19.4. The molecular weight excluding hydrogens is 346 g/mol. The zero-order valence-electron chi connectivity index (χ0n) is 13.6. The summed E-state index contributed by atoms with van der Waals surface area (Å²) in [5, 5.41) is 28.4. The Balaban J connectivity index is 2.96. The topological polar surface area (TPSA) is 143 Å². The highest BCUT2D eigenvalue weighted by molar-refractivity contribution is 6.14. The molecule has 0 saturated heterocycles. The number of carboxylic acid groups (broad SMARTS) is 3. The second-order valence-electron chi connectivity index (χ2n) is 5.17. The van der Waals surface area contributed by atoms with Crippen LogP contribution in [-0.4, -0.2) is 50.4 Å². The molecule has 2 aromatic rings. The summed E-state index contributed by atoms with van der Waals surface area (Å²) in [6.07, 6.45) is 0.442. The van der Waals surface area contributed by atoms with Gasteiger partial charge in [-0.25, -0.2) is 19.2 Å². The van der Waals surface area contributed by atoms with E-state index in [1.54, 1.807) is 13.0 Å². The highest BCUT2D eigenvalue weighted by Gasteiger charge is 2.38. The van der Waals surface area contributed by atoms with Crippen molar-refractivity contribution < 1.29 is 39.2 Å². The molecule has 0 aliphatic carbocycles. The van der Waals surface area contributed by atoms with Crippen LogP contribution >= 0.6 is 0 Å². The van der Waals surface area contributed by atoms with Gasteiger partial charge in [-0.1, -0.05) is 25.1 Å². The molecule has 2 rings (SSSR count). The third kappa shape index (κ3) is 3.27. The Bertz CT molecular complexity index is 882. The molecular formula is C17H15NO8. The average Bonchev–Trinajstić information content (AvgIpc) is 2.97. The van der Waals surface area contributed by atoms with Crippen molar-refractivity contribution in [3.63, 3.8) is 0 Å². The minimum atomic E-state index is -1.78. The summed E-state index contributed by atoms with van der Waals surface area (Å²) < 4.78 is 5.73. The maximum Gasteiger partial charge on any atom is 0.356 e. The lowest BCUT2D eigenvalue weighted by Crippen LogP contribution is -2.17. The van der Waals surface area contributed by atoms with Crippen molar-refractivity contribution in [2.24, 2.45) is 0 Å². The normalized spacial score (nSPS) is 10.3. The lowest BCUT2D eigenvalue weighted by Gasteiger charge is -2.11. The van der Waals surface area contributed by atoms with Crippen molar-refractivity contribution >= 4 is 23.9 Å². The molecule has 0 saturated carbocycles. The minimum absolute atomic E-state index is 0.0390. The number of para-hydroxylation sites is 1. The van der Waals surface area contributed by atoms with Crippen LogP contribution in [0.3, 0.4) is 0 Å². The van der Waals surface area contributed by atoms with E-state index in [0.717, 1.165) is 4.57 Å². The summed E-state index contributed by atoms with van der Waals surface area (Å²) in [6.45, 7) is 1.68. The Morgan fingerprint density at radius 3 is 1.88 bits per heavy atom. The first-order valence-corrected chi connectivity index (χ1v) is 7.52. The van der Waals surface area contributed by atoms with E-state index in [1.165, 1.54) is 24.3 Å². The molecule has 1 heterocycles. The molecule has 0 aliphatic rings. The Morgan fingerprint density at radius 2 is 1.42 bits per heavy atom. The van der Waals surface area contributed by atoms with E-state index in [1.807, 2.05) is 0 Å². The molecule has 3 N–H and O–H groups in total. The van der Waals surface area contributed by atoms with Crippen LogP contribution in [0.5, 0.6) is 0 Å². The maximum absolute atomic E-state index is 12.4. The van der Waals surface area contributed by atoms with E-state index >= 15 is 0 Å². The molecule has 26 heavy (non-hydrogen) atoms. The second-order valence-corrected chi connectivity index (χ2v) is 5.17. The molecule has 0 spiro atoms. The van der Waals surface area contributed by atoms with Gasteiger partial charge in [-0.2, -0.15) is 0 Å². The van der Waals surface area contributed by atoms with Crippen LogP contribution in [0, 0.1) is 0 Å². The van der Waals surface area contributed by atoms with Gasteiger partial charge in [-0.05, 0) is 18.6 Å². The summed E-state index contributed by atoms with van der Waals surface area (Å²) in [5.74, 6) is -6.34. The van der Waals surface area contributed by atoms with E-state index in [0.29, 0.717) is 6.42 Å². The van der Waals surface area contributed by atoms with Crippen molar-refractivity contribution in [3.05, 3.63) is 52.8 Å². The first kappa shape index (κ1) is 18.7. The Hall–Kier alpha value is -3.62. The third-order valence-corrected chi connectivity index (χ3v) is 3.45. The van der Waals surface area contributed by atoms with E-state index in [4.69, 9.17) is 4.74 Å². The van der Waals surface area contributed by atoms with Gasteiger partial charge in [0.05, 0.1) is 6.61 Å². The number of nitrogens with zero attached hydrogens (tertiary/aromatic N) is 1. The van der Waals surface area contributed by atoms with Gasteiger partial charge in [0, 0.05) is 5.69 Å². The molecule has 0 atom stereocenters. The molecule has 0 unspecified atom stereocenters. The van der Waals surface area contributed by atoms with Gasteiger partial charge in [0.25, 0.3) is 0 Å². The molecule has 136 valence electrons. The fraction of sp³-hybridized carbons (Fsp3) is 0.176. The summed E-state index contributed by atoms with van der Waals surface area (Å²) >= 11 is 0. The van der Waals surface area contributed by atoms with Crippen molar-refractivity contribution in [1.29, 1.82) is 0 Å². The summed E-state index contributed by atoms with van der Waals surface area (Å²) in [6, 6.07) is 7.52. The van der Waals surface area contributed by atoms with Gasteiger partial charge in [0.2, 0.25) is 0 Å². The monoisotopic (exact) mass is 361 g/mol. The Morgan fingerprint density at radius 1 is 0.885 bits per heavy atom. The minimum Gasteiger partial charge on any atom is -0.478 e. The highest BCUT2D eigenvalue weighted by Crippen LogP contribution is 2.28. The molecule has 0 bridgehead atoms. The molecule has 9 nitrogen and oxygen atoms in total. The van der Waals surface area contributed by atoms with Crippen LogP contribution in [0.15, 0.2) is 30.3 Å². The molecule has 0 aliphatic heterocycles. The van der Waals surface area contributed by atoms with Crippen molar-refractivity contribution in [1.82, 2.24) is 4.57 Å². The van der Waals surface area contributed by atoms with Gasteiger partial charge in [0.15, 0.2) is 0 Å². The SMILES string of the molecule is CCCOC(=O)c1c(C(=O)O)c(C(=O)O)c(C(=O)O)n1-c1ccccc1. The highest BCUT2D eigenvalue weighted by atomic mass is 16.5. The van der Waals surface area contributed by atoms with E-state index in [2.05, 4.69) is 0 Å². The van der Waals surface area contributed by atoms with E-state index in [9.17, 15) is 34.5 Å². The fourth-order valence-corrected chi connectivity index (χ4v) is 2.48. The quantitative estimate of drug-likeness (QED) is 0.636. The fourth-order valence-electron chi connectivity index (χ4n) is 2.48. The first-order valence-electron chi connectivity index (χ1n) is 7.52. The molecule has 0 fully saturated rings. The number of aromatic nitrogens is 1. The lowest BCUT2D eigenvalue weighted by atomic mass is 10.1. The number of hydrogen-bond acceptors (Lipinski definition) is 5. The maximum atomic E-state index is 12.4. The van der Waals surface area contributed by atoms with Gasteiger partial charge in [-0.3, -0.25) is 4.57 Å². The van der Waals surface area contributed by atoms with Crippen LogP contribution in [0.1, 0.15) is 55.0 Å². The predicted molar refractivity (Wildman–Crippen MR) is 87.2 cm³/mol. The van der Waals surface area contributed by atoms with Gasteiger partial charge < -0.3 is 20.1 Å². The van der Waals surface area contributed by atoms with Crippen LogP contribution in [-0.2, 0) is 4.74 Å². The predicted octanol–water partition coefficient (Wildman–Crippen LogP) is 2.14. The van der Waals surface area contributed by atoms with Crippen LogP contribution < -0.4 is 0 Å². The second kappa shape index (κ2) is 7.51. The lowest BCUT2D eigenvalue weighted by molar-refractivity contribution is 0.0485. The van der Waals surface area contributed by atoms with Gasteiger partial charge in [0.1, 0.15) is 22.5 Å². The number of benzene rings is 1. The Kier molecular flexibility index (Phi) is 5.41. The largest absolute Gasteiger partial charge is 0.478 e. The van der Waals surface area contributed by atoms with Gasteiger partial charge in [-0.15, -0.1) is 0 Å². The number of carbonyl (C=O) groups excluding carboxylic acids is 1. The Labute approximate surface area is 147 Å². The van der Waals surface area contributed by atoms with Crippen molar-refractivity contribution in [2.45, 2.75) is 13.3 Å². The average molecular weight is 361 g/mol. The number of esters is 1. The standard InChI is InChI=1S/C17H15NO8/c1-2-8-26-17(25)13-11(15(21)22)10(14(19)20)12(16(23)24)18(13)9-6-4-3-5-7-9/h3-7H,2,8H2,1H3,(H,19,20)(H,21,22)(H,23,24).